The highest BCUT2D eigenvalue weighted by Gasteiger charge is 2.15. The molecule has 2 rings (SSSR count). The molecule has 0 aromatic heterocycles. The number of nitrogens with zero attached hydrogens (tertiary/aromatic N) is 1. The summed E-state index contributed by atoms with van der Waals surface area (Å²) in [6, 6.07) is 7.21. The van der Waals surface area contributed by atoms with E-state index < -0.39 is 0 Å². The zero-order chi connectivity index (χ0) is 14.4. The van der Waals surface area contributed by atoms with Gasteiger partial charge in [0.2, 0.25) is 5.91 Å². The van der Waals surface area contributed by atoms with Crippen molar-refractivity contribution in [1.29, 1.82) is 0 Å². The molecule has 0 unspecified atom stereocenters. The Labute approximate surface area is 119 Å². The molecule has 1 heterocycles. The van der Waals surface area contributed by atoms with Crippen LogP contribution in [0.5, 0.6) is 5.75 Å². The first-order valence-corrected chi connectivity index (χ1v) is 6.60. The first-order chi connectivity index (χ1) is 9.69. The molecule has 2 N–H and O–H groups in total. The van der Waals surface area contributed by atoms with E-state index in [1.165, 1.54) is 5.57 Å². The molecular formula is C16H18N2O2. The number of hydrogen-bond donors (Lipinski definition) is 2. The third kappa shape index (κ3) is 3.87. The molecular weight excluding hydrogens is 252 g/mol. The molecule has 0 saturated heterocycles. The second-order valence-corrected chi connectivity index (χ2v) is 4.74. The van der Waals surface area contributed by atoms with Crippen LogP contribution in [0.4, 0.5) is 0 Å². The first kappa shape index (κ1) is 14.2. The lowest BCUT2D eigenvalue weighted by molar-refractivity contribution is -0.121. The molecule has 1 aromatic carbocycles. The maximum atomic E-state index is 11.6. The average Bonchev–Trinajstić information content (AvgIpc) is 2.47. The smallest absolute Gasteiger partial charge is 0.234 e. The lowest BCUT2D eigenvalue weighted by atomic mass is 9.99. The minimum absolute atomic E-state index is 0.0376. The summed E-state index contributed by atoms with van der Waals surface area (Å²) in [5, 5.41) is 11.9. The van der Waals surface area contributed by atoms with Gasteiger partial charge in [-0.1, -0.05) is 24.1 Å². The van der Waals surface area contributed by atoms with Gasteiger partial charge in [-0.05, 0) is 29.7 Å². The monoisotopic (exact) mass is 270 g/mol. The van der Waals surface area contributed by atoms with Crippen molar-refractivity contribution in [1.82, 2.24) is 10.2 Å². The zero-order valence-corrected chi connectivity index (χ0v) is 11.3. The van der Waals surface area contributed by atoms with Crippen LogP contribution in [0.1, 0.15) is 12.0 Å². The second kappa shape index (κ2) is 6.78. The van der Waals surface area contributed by atoms with Crippen LogP contribution in [0, 0.1) is 12.3 Å². The van der Waals surface area contributed by atoms with E-state index in [2.05, 4.69) is 22.2 Å². The lowest BCUT2D eigenvalue weighted by Gasteiger charge is -2.25. The van der Waals surface area contributed by atoms with Crippen LogP contribution in [0.25, 0.3) is 5.57 Å². The molecule has 1 amide bonds. The molecule has 20 heavy (non-hydrogen) atoms. The fourth-order valence-corrected chi connectivity index (χ4v) is 2.20. The van der Waals surface area contributed by atoms with Gasteiger partial charge in [-0.25, -0.2) is 0 Å². The Hall–Kier alpha value is -2.25. The predicted molar refractivity (Wildman–Crippen MR) is 79.0 cm³/mol. The quantitative estimate of drug-likeness (QED) is 0.809. The summed E-state index contributed by atoms with van der Waals surface area (Å²) in [6.07, 6.45) is 8.12. The fraction of sp³-hybridized carbons (Fsp3) is 0.312. The minimum Gasteiger partial charge on any atom is -0.508 e. The number of aromatic hydroxyl groups is 1. The third-order valence-electron chi connectivity index (χ3n) is 3.29. The predicted octanol–water partition coefficient (Wildman–Crippen LogP) is 1.23. The number of phenols is 1. The summed E-state index contributed by atoms with van der Waals surface area (Å²) >= 11 is 0. The van der Waals surface area contributed by atoms with Gasteiger partial charge in [-0.3, -0.25) is 9.69 Å². The summed E-state index contributed by atoms with van der Waals surface area (Å²) in [6.45, 7) is 2.25. The third-order valence-corrected chi connectivity index (χ3v) is 3.29. The van der Waals surface area contributed by atoms with Crippen LogP contribution in [-0.4, -0.2) is 42.1 Å². The lowest BCUT2D eigenvalue weighted by Crippen LogP contribution is -2.39. The maximum Gasteiger partial charge on any atom is 0.234 e. The van der Waals surface area contributed by atoms with Crippen molar-refractivity contribution in [2.45, 2.75) is 6.42 Å². The van der Waals surface area contributed by atoms with Crippen molar-refractivity contribution >= 4 is 11.5 Å². The van der Waals surface area contributed by atoms with Crippen LogP contribution >= 0.6 is 0 Å². The number of rotatable bonds is 4. The van der Waals surface area contributed by atoms with Gasteiger partial charge in [0.05, 0.1) is 13.1 Å². The van der Waals surface area contributed by atoms with Gasteiger partial charge in [0, 0.05) is 13.1 Å². The molecule has 4 nitrogen and oxygen atoms in total. The number of benzene rings is 1. The normalized spacial score (nSPS) is 15.2. The van der Waals surface area contributed by atoms with Crippen molar-refractivity contribution < 1.29 is 9.90 Å². The van der Waals surface area contributed by atoms with Crippen LogP contribution in [-0.2, 0) is 4.79 Å². The van der Waals surface area contributed by atoms with E-state index in [0.29, 0.717) is 6.54 Å². The number of carbonyl (C=O) groups is 1. The first-order valence-electron chi connectivity index (χ1n) is 6.60. The Kier molecular flexibility index (Phi) is 4.80. The van der Waals surface area contributed by atoms with Gasteiger partial charge < -0.3 is 10.4 Å². The van der Waals surface area contributed by atoms with Crippen LogP contribution in [0.15, 0.2) is 30.3 Å². The molecule has 0 aliphatic carbocycles. The minimum atomic E-state index is -0.0376. The topological polar surface area (TPSA) is 52.6 Å². The Morgan fingerprint density at radius 3 is 2.75 bits per heavy atom. The summed E-state index contributed by atoms with van der Waals surface area (Å²) in [5.41, 5.74) is 2.38. The van der Waals surface area contributed by atoms with E-state index in [9.17, 15) is 9.90 Å². The van der Waals surface area contributed by atoms with Gasteiger partial charge >= 0.3 is 0 Å². The van der Waals surface area contributed by atoms with Crippen molar-refractivity contribution in [3.63, 3.8) is 0 Å². The standard InChI is InChI=1S/C16H18N2O2/c1-2-9-17-16(20)12-18-10-7-14(8-11-18)13-3-5-15(19)6-4-13/h1,3-7,19H,8-12H2,(H,17,20). The Morgan fingerprint density at radius 1 is 1.40 bits per heavy atom. The van der Waals surface area contributed by atoms with E-state index in [4.69, 9.17) is 6.42 Å². The SMILES string of the molecule is C#CCNC(=O)CN1CC=C(c2ccc(O)cc2)CC1. The van der Waals surface area contributed by atoms with Gasteiger partial charge in [0.1, 0.15) is 5.75 Å². The van der Waals surface area contributed by atoms with Gasteiger partial charge in [-0.15, -0.1) is 6.42 Å². The molecule has 0 bridgehead atoms. The highest BCUT2D eigenvalue weighted by molar-refractivity contribution is 5.78. The Bertz CT molecular complexity index is 541. The van der Waals surface area contributed by atoms with Crippen molar-refractivity contribution in [2.75, 3.05) is 26.2 Å². The summed E-state index contributed by atoms with van der Waals surface area (Å²) in [5.74, 6) is 2.62. The van der Waals surface area contributed by atoms with Crippen molar-refractivity contribution in [3.8, 4) is 18.1 Å². The molecule has 0 atom stereocenters. The highest BCUT2D eigenvalue weighted by atomic mass is 16.3. The van der Waals surface area contributed by atoms with E-state index in [-0.39, 0.29) is 18.2 Å². The Morgan fingerprint density at radius 2 is 2.15 bits per heavy atom. The molecule has 0 fully saturated rings. The van der Waals surface area contributed by atoms with Crippen LogP contribution in [0.2, 0.25) is 0 Å². The van der Waals surface area contributed by atoms with E-state index in [1.807, 2.05) is 12.1 Å². The van der Waals surface area contributed by atoms with E-state index in [0.717, 1.165) is 25.1 Å². The van der Waals surface area contributed by atoms with Gasteiger partial charge in [-0.2, -0.15) is 0 Å². The molecule has 1 aromatic rings. The van der Waals surface area contributed by atoms with E-state index in [1.54, 1.807) is 12.1 Å². The largest absolute Gasteiger partial charge is 0.508 e. The molecule has 0 spiro atoms. The second-order valence-electron chi connectivity index (χ2n) is 4.74. The van der Waals surface area contributed by atoms with E-state index >= 15 is 0 Å². The maximum absolute atomic E-state index is 11.6. The van der Waals surface area contributed by atoms with Crippen molar-refractivity contribution in [2.24, 2.45) is 0 Å². The highest BCUT2D eigenvalue weighted by Crippen LogP contribution is 2.23. The fourth-order valence-electron chi connectivity index (χ4n) is 2.20. The molecule has 0 radical (unpaired) electrons. The summed E-state index contributed by atoms with van der Waals surface area (Å²) in [4.78, 5) is 13.6. The molecule has 0 saturated carbocycles. The number of nitrogens with one attached hydrogen (secondary N) is 1. The van der Waals surface area contributed by atoms with Crippen LogP contribution < -0.4 is 5.32 Å². The van der Waals surface area contributed by atoms with Crippen LogP contribution in [0.3, 0.4) is 0 Å². The molecule has 4 heteroatoms. The molecule has 1 aliphatic heterocycles. The van der Waals surface area contributed by atoms with Gasteiger partial charge in [0.15, 0.2) is 0 Å². The number of terminal acetylenes is 1. The summed E-state index contributed by atoms with van der Waals surface area (Å²) in [7, 11) is 0. The molecule has 1 aliphatic rings. The number of carbonyl (C=O) groups excluding carboxylic acids is 1. The summed E-state index contributed by atoms with van der Waals surface area (Å²) < 4.78 is 0. The average molecular weight is 270 g/mol. The number of hydrogen-bond acceptors (Lipinski definition) is 3. The van der Waals surface area contributed by atoms with Gasteiger partial charge in [0.25, 0.3) is 0 Å². The van der Waals surface area contributed by atoms with Crippen molar-refractivity contribution in [3.05, 3.63) is 35.9 Å². The Balaban J connectivity index is 1.89. The number of phenolic OH excluding ortho intramolecular Hbond substituents is 1. The zero-order valence-electron chi connectivity index (χ0n) is 11.3. The molecule has 104 valence electrons. The number of amides is 1.